The standard InChI is InChI=1S/C31H31BrFN3O4/c1-20-25(33)16-23(30(38)39)17-26(20)36-18-27(32)34-28(29(36)37)35-31(2,3)24-14-8-7-12-22(24)13-9-15-40-19-21-10-5-4-6-11-21/h4-8,10-12,14,16-18H,9,13,15,19H2,1-3H3,(H,34,35)(H,38,39). The Kier molecular flexibility index (Phi) is 9.17. The summed E-state index contributed by atoms with van der Waals surface area (Å²) in [5.41, 5.74) is 2.04. The first-order valence-corrected chi connectivity index (χ1v) is 13.7. The van der Waals surface area contributed by atoms with Gasteiger partial charge in [0.2, 0.25) is 0 Å². The normalized spacial score (nSPS) is 11.4. The SMILES string of the molecule is Cc1c(F)cc(C(=O)O)cc1-n1cc(Br)nc(NC(C)(C)c2ccccc2CCCOCc2ccccc2)c1=O. The number of benzene rings is 3. The van der Waals surface area contributed by atoms with Gasteiger partial charge in [-0.25, -0.2) is 14.2 Å². The highest BCUT2D eigenvalue weighted by atomic mass is 79.9. The van der Waals surface area contributed by atoms with Crippen LogP contribution < -0.4 is 10.9 Å². The van der Waals surface area contributed by atoms with Crippen molar-refractivity contribution < 1.29 is 19.0 Å². The second kappa shape index (κ2) is 12.6. The van der Waals surface area contributed by atoms with Crippen LogP contribution in [0.25, 0.3) is 5.69 Å². The van der Waals surface area contributed by atoms with Crippen LogP contribution in [0.15, 0.2) is 82.3 Å². The summed E-state index contributed by atoms with van der Waals surface area (Å²) in [7, 11) is 0. The molecule has 0 bridgehead atoms. The third-order valence-electron chi connectivity index (χ3n) is 6.67. The Hall–Kier alpha value is -3.82. The second-order valence-corrected chi connectivity index (χ2v) is 10.9. The Labute approximate surface area is 240 Å². The number of nitrogens with zero attached hydrogens (tertiary/aromatic N) is 2. The van der Waals surface area contributed by atoms with E-state index in [2.05, 4.69) is 32.3 Å². The van der Waals surface area contributed by atoms with Crippen molar-refractivity contribution in [1.29, 1.82) is 0 Å². The van der Waals surface area contributed by atoms with Crippen LogP contribution in [0.2, 0.25) is 0 Å². The van der Waals surface area contributed by atoms with Crippen molar-refractivity contribution in [1.82, 2.24) is 9.55 Å². The third kappa shape index (κ3) is 6.84. The van der Waals surface area contributed by atoms with E-state index in [0.29, 0.717) is 17.8 Å². The molecule has 4 rings (SSSR count). The second-order valence-electron chi connectivity index (χ2n) is 10.0. The first-order chi connectivity index (χ1) is 19.1. The molecule has 0 atom stereocenters. The quantitative estimate of drug-likeness (QED) is 0.186. The van der Waals surface area contributed by atoms with Gasteiger partial charge in [0.25, 0.3) is 5.56 Å². The van der Waals surface area contributed by atoms with Gasteiger partial charge in [-0.1, -0.05) is 54.6 Å². The van der Waals surface area contributed by atoms with E-state index in [-0.39, 0.29) is 22.6 Å². The van der Waals surface area contributed by atoms with Crippen LogP contribution >= 0.6 is 15.9 Å². The summed E-state index contributed by atoms with van der Waals surface area (Å²) in [6.45, 7) is 6.59. The van der Waals surface area contributed by atoms with Gasteiger partial charge in [-0.3, -0.25) is 9.36 Å². The largest absolute Gasteiger partial charge is 0.478 e. The number of rotatable bonds is 11. The van der Waals surface area contributed by atoms with Gasteiger partial charge in [-0.05, 0) is 78.4 Å². The van der Waals surface area contributed by atoms with E-state index in [1.165, 1.54) is 23.8 Å². The van der Waals surface area contributed by atoms with Crippen molar-refractivity contribution in [2.75, 3.05) is 11.9 Å². The number of nitrogens with one attached hydrogen (secondary N) is 1. The number of hydrogen-bond acceptors (Lipinski definition) is 5. The predicted octanol–water partition coefficient (Wildman–Crippen LogP) is 6.64. The Balaban J connectivity index is 1.56. The zero-order chi connectivity index (χ0) is 28.9. The average Bonchev–Trinajstić information content (AvgIpc) is 2.92. The van der Waals surface area contributed by atoms with Crippen LogP contribution in [0.5, 0.6) is 0 Å². The molecular formula is C31H31BrFN3O4. The maximum absolute atomic E-state index is 14.6. The number of carboxylic acid groups (broad SMARTS) is 1. The summed E-state index contributed by atoms with van der Waals surface area (Å²) in [4.78, 5) is 29.4. The fraction of sp³-hybridized carbons (Fsp3) is 0.258. The van der Waals surface area contributed by atoms with Crippen LogP contribution in [-0.4, -0.2) is 27.2 Å². The number of carbonyl (C=O) groups is 1. The van der Waals surface area contributed by atoms with Crippen molar-refractivity contribution >= 4 is 27.7 Å². The molecular weight excluding hydrogens is 577 g/mol. The Morgan fingerprint density at radius 3 is 2.55 bits per heavy atom. The zero-order valence-electron chi connectivity index (χ0n) is 22.6. The van der Waals surface area contributed by atoms with E-state index in [0.717, 1.165) is 35.6 Å². The van der Waals surface area contributed by atoms with E-state index in [1.54, 1.807) is 0 Å². The molecule has 208 valence electrons. The monoisotopic (exact) mass is 607 g/mol. The lowest BCUT2D eigenvalue weighted by molar-refractivity contribution is 0.0696. The molecule has 0 saturated carbocycles. The lowest BCUT2D eigenvalue weighted by atomic mass is 9.88. The fourth-order valence-electron chi connectivity index (χ4n) is 4.60. The van der Waals surface area contributed by atoms with E-state index >= 15 is 0 Å². The minimum Gasteiger partial charge on any atom is -0.478 e. The highest BCUT2D eigenvalue weighted by Gasteiger charge is 2.26. The van der Waals surface area contributed by atoms with Gasteiger partial charge < -0.3 is 15.2 Å². The maximum atomic E-state index is 14.6. The van der Waals surface area contributed by atoms with Crippen LogP contribution in [0.4, 0.5) is 10.2 Å². The van der Waals surface area contributed by atoms with Crippen molar-refractivity contribution in [2.45, 2.75) is 45.8 Å². The molecule has 0 aliphatic rings. The van der Waals surface area contributed by atoms with Crippen molar-refractivity contribution in [2.24, 2.45) is 0 Å². The summed E-state index contributed by atoms with van der Waals surface area (Å²) in [6, 6.07) is 20.3. The first kappa shape index (κ1) is 29.2. The summed E-state index contributed by atoms with van der Waals surface area (Å²) in [6.07, 6.45) is 3.01. The molecule has 0 aliphatic heterocycles. The van der Waals surface area contributed by atoms with Gasteiger partial charge >= 0.3 is 5.97 Å². The predicted molar refractivity (Wildman–Crippen MR) is 157 cm³/mol. The lowest BCUT2D eigenvalue weighted by Gasteiger charge is -2.30. The summed E-state index contributed by atoms with van der Waals surface area (Å²) >= 11 is 3.34. The Morgan fingerprint density at radius 2 is 1.82 bits per heavy atom. The van der Waals surface area contributed by atoms with Crippen LogP contribution in [0.3, 0.4) is 0 Å². The van der Waals surface area contributed by atoms with Crippen LogP contribution in [-0.2, 0) is 23.3 Å². The molecule has 0 spiro atoms. The third-order valence-corrected chi connectivity index (χ3v) is 7.05. The Bertz CT molecular complexity index is 1570. The maximum Gasteiger partial charge on any atom is 0.335 e. The van der Waals surface area contributed by atoms with E-state index in [4.69, 9.17) is 4.74 Å². The molecule has 0 radical (unpaired) electrons. The van der Waals surface area contributed by atoms with Gasteiger partial charge in [-0.15, -0.1) is 0 Å². The molecule has 0 unspecified atom stereocenters. The summed E-state index contributed by atoms with van der Waals surface area (Å²) in [5, 5.41) is 12.7. The van der Waals surface area contributed by atoms with Crippen molar-refractivity contribution in [3.63, 3.8) is 0 Å². The number of ether oxygens (including phenoxy) is 1. The number of halogens is 2. The van der Waals surface area contributed by atoms with E-state index in [1.807, 2.05) is 62.4 Å². The van der Waals surface area contributed by atoms with Gasteiger partial charge in [0.1, 0.15) is 10.4 Å². The summed E-state index contributed by atoms with van der Waals surface area (Å²) in [5.74, 6) is -1.96. The molecule has 0 aliphatic carbocycles. The highest BCUT2D eigenvalue weighted by molar-refractivity contribution is 9.10. The number of aryl methyl sites for hydroxylation is 1. The molecule has 9 heteroatoms. The molecule has 1 heterocycles. The first-order valence-electron chi connectivity index (χ1n) is 12.9. The van der Waals surface area contributed by atoms with Gasteiger partial charge in [-0.2, -0.15) is 0 Å². The van der Waals surface area contributed by atoms with Crippen LogP contribution in [0, 0.1) is 12.7 Å². The van der Waals surface area contributed by atoms with E-state index in [9.17, 15) is 19.1 Å². The number of hydrogen-bond donors (Lipinski definition) is 2. The molecule has 7 nitrogen and oxygen atoms in total. The number of anilines is 1. The van der Waals surface area contributed by atoms with Crippen molar-refractivity contribution in [3.8, 4) is 5.69 Å². The number of aromatic nitrogens is 2. The molecule has 0 saturated heterocycles. The average molecular weight is 609 g/mol. The molecule has 0 amide bonds. The van der Waals surface area contributed by atoms with Gasteiger partial charge in [0.05, 0.1) is 23.4 Å². The minimum absolute atomic E-state index is 0.0425. The minimum atomic E-state index is -1.29. The Morgan fingerprint density at radius 1 is 1.12 bits per heavy atom. The molecule has 3 aromatic carbocycles. The molecule has 1 aromatic heterocycles. The lowest BCUT2D eigenvalue weighted by Crippen LogP contribution is -2.35. The highest BCUT2D eigenvalue weighted by Crippen LogP contribution is 2.29. The van der Waals surface area contributed by atoms with Crippen molar-refractivity contribution in [3.05, 3.63) is 122 Å². The topological polar surface area (TPSA) is 93.4 Å². The molecule has 2 N–H and O–H groups in total. The van der Waals surface area contributed by atoms with Crippen LogP contribution in [0.1, 0.15) is 52.9 Å². The van der Waals surface area contributed by atoms with E-state index < -0.39 is 22.9 Å². The van der Waals surface area contributed by atoms with Gasteiger partial charge in [0, 0.05) is 18.4 Å². The number of aromatic carboxylic acids is 1. The molecule has 40 heavy (non-hydrogen) atoms. The number of carboxylic acids is 1. The molecule has 4 aromatic rings. The zero-order valence-corrected chi connectivity index (χ0v) is 24.2. The smallest absolute Gasteiger partial charge is 0.335 e. The fourth-order valence-corrected chi connectivity index (χ4v) is 4.98. The van der Waals surface area contributed by atoms with Gasteiger partial charge in [0.15, 0.2) is 5.82 Å². The molecule has 0 fully saturated rings. The summed E-state index contributed by atoms with van der Waals surface area (Å²) < 4.78 is 21.9.